The molecule has 3 rings (SSSR count). The predicted octanol–water partition coefficient (Wildman–Crippen LogP) is 4.82. The summed E-state index contributed by atoms with van der Waals surface area (Å²) >= 11 is 0. The van der Waals surface area contributed by atoms with Crippen molar-refractivity contribution in [3.05, 3.63) is 120 Å². The zero-order chi connectivity index (χ0) is 25.8. The lowest BCUT2D eigenvalue weighted by Gasteiger charge is -2.06. The van der Waals surface area contributed by atoms with Crippen LogP contribution in [0, 0.1) is 29.5 Å². The number of hydrogen-bond acceptors (Lipinski definition) is 5. The van der Waals surface area contributed by atoms with E-state index in [0.29, 0.717) is 22.6 Å². The van der Waals surface area contributed by atoms with Crippen LogP contribution >= 0.6 is 0 Å². The third-order valence-corrected chi connectivity index (χ3v) is 4.52. The van der Waals surface area contributed by atoms with Crippen molar-refractivity contribution in [3.8, 4) is 35.2 Å². The number of ether oxygens (including phenoxy) is 3. The molecule has 3 aromatic rings. The van der Waals surface area contributed by atoms with Crippen LogP contribution in [0.15, 0.2) is 92.0 Å². The zero-order valence-corrected chi connectivity index (χ0v) is 19.3. The van der Waals surface area contributed by atoms with Crippen molar-refractivity contribution < 1.29 is 28.2 Å². The average Bonchev–Trinajstić information content (AvgIpc) is 2.90. The van der Waals surface area contributed by atoms with Gasteiger partial charge < -0.3 is 14.2 Å². The monoisotopic (exact) mass is 480 g/mol. The average molecular weight is 480 g/mol. The summed E-state index contributed by atoms with van der Waals surface area (Å²) in [4.78, 5) is 22.2. The van der Waals surface area contributed by atoms with Gasteiger partial charge in [0, 0.05) is 28.8 Å². The minimum Gasteiger partial charge on any atom is -0.490 e. The van der Waals surface area contributed by atoms with Gasteiger partial charge in [-0.3, -0.25) is 0 Å². The molecule has 0 atom stereocenters. The molecule has 0 bridgehead atoms. The standard InChI is InChI=1S/C30H21FO5/c1-3-29(32)35-20-19-34-26-15-9-22(10-16-26)5-6-24-8-14-25(28(31)21-24)13-7-23-11-17-27(18-12-23)36-30(33)4-2/h3-4,8-12,14-18,21H,1-2,19-20H2. The minimum absolute atomic E-state index is 0.123. The van der Waals surface area contributed by atoms with E-state index in [9.17, 15) is 14.0 Å². The number of hydrogen-bond donors (Lipinski definition) is 0. The van der Waals surface area contributed by atoms with E-state index in [-0.39, 0.29) is 18.8 Å². The summed E-state index contributed by atoms with van der Waals surface area (Å²) in [5.74, 6) is 11.0. The maximum atomic E-state index is 14.5. The van der Waals surface area contributed by atoms with Gasteiger partial charge in [0.2, 0.25) is 0 Å². The molecule has 36 heavy (non-hydrogen) atoms. The van der Waals surface area contributed by atoms with Crippen LogP contribution in [0.3, 0.4) is 0 Å². The van der Waals surface area contributed by atoms with Gasteiger partial charge in [-0.2, -0.15) is 0 Å². The summed E-state index contributed by atoms with van der Waals surface area (Å²) in [6.45, 7) is 7.00. The summed E-state index contributed by atoms with van der Waals surface area (Å²) in [5, 5.41) is 0. The second-order valence-electron chi connectivity index (χ2n) is 7.09. The first-order valence-corrected chi connectivity index (χ1v) is 10.8. The number of benzene rings is 3. The highest BCUT2D eigenvalue weighted by Crippen LogP contribution is 2.14. The molecule has 0 aliphatic rings. The van der Waals surface area contributed by atoms with Crippen molar-refractivity contribution in [1.82, 2.24) is 0 Å². The van der Waals surface area contributed by atoms with Gasteiger partial charge in [-0.25, -0.2) is 14.0 Å². The van der Waals surface area contributed by atoms with Crippen LogP contribution in [-0.4, -0.2) is 25.2 Å². The summed E-state index contributed by atoms with van der Waals surface area (Å²) in [5.41, 5.74) is 2.12. The molecule has 0 spiro atoms. The van der Waals surface area contributed by atoms with Crippen LogP contribution in [0.5, 0.6) is 11.5 Å². The predicted molar refractivity (Wildman–Crippen MR) is 134 cm³/mol. The summed E-state index contributed by atoms with van der Waals surface area (Å²) in [6.07, 6.45) is 2.17. The highest BCUT2D eigenvalue weighted by atomic mass is 19.1. The van der Waals surface area contributed by atoms with Gasteiger partial charge in [0.15, 0.2) is 0 Å². The Morgan fingerprint density at radius 3 is 1.89 bits per heavy atom. The molecule has 0 fully saturated rings. The lowest BCUT2D eigenvalue weighted by Crippen LogP contribution is -2.10. The Morgan fingerprint density at radius 1 is 0.722 bits per heavy atom. The van der Waals surface area contributed by atoms with E-state index in [1.165, 1.54) is 6.07 Å². The molecular weight excluding hydrogens is 459 g/mol. The molecule has 0 aliphatic carbocycles. The number of carbonyl (C=O) groups excluding carboxylic acids is 2. The second kappa shape index (κ2) is 13.0. The Balaban J connectivity index is 1.58. The van der Waals surface area contributed by atoms with E-state index < -0.39 is 17.8 Å². The van der Waals surface area contributed by atoms with Crippen molar-refractivity contribution >= 4 is 11.9 Å². The first-order valence-electron chi connectivity index (χ1n) is 10.8. The molecule has 0 amide bonds. The van der Waals surface area contributed by atoms with Crippen molar-refractivity contribution in [2.45, 2.75) is 0 Å². The van der Waals surface area contributed by atoms with Crippen LogP contribution in [0.4, 0.5) is 4.39 Å². The fraction of sp³-hybridized carbons (Fsp3) is 0.0667. The topological polar surface area (TPSA) is 61.8 Å². The first-order chi connectivity index (χ1) is 17.5. The largest absolute Gasteiger partial charge is 0.490 e. The van der Waals surface area contributed by atoms with Crippen molar-refractivity contribution in [2.75, 3.05) is 13.2 Å². The Bertz CT molecular complexity index is 1380. The highest BCUT2D eigenvalue weighted by Gasteiger charge is 2.02. The van der Waals surface area contributed by atoms with Gasteiger partial charge in [0.05, 0.1) is 5.56 Å². The van der Waals surface area contributed by atoms with E-state index in [1.54, 1.807) is 60.7 Å². The minimum atomic E-state index is -0.550. The molecule has 0 aliphatic heterocycles. The van der Waals surface area contributed by atoms with Crippen LogP contribution < -0.4 is 9.47 Å². The molecule has 0 saturated heterocycles. The van der Waals surface area contributed by atoms with Gasteiger partial charge in [-0.05, 0) is 66.7 Å². The Kier molecular flexibility index (Phi) is 9.21. The summed E-state index contributed by atoms with van der Waals surface area (Å²) < 4.78 is 29.8. The van der Waals surface area contributed by atoms with Gasteiger partial charge in [-0.1, -0.05) is 36.8 Å². The van der Waals surface area contributed by atoms with Crippen LogP contribution in [0.1, 0.15) is 22.3 Å². The summed E-state index contributed by atoms with van der Waals surface area (Å²) in [6, 6.07) is 18.2. The van der Waals surface area contributed by atoms with Crippen molar-refractivity contribution in [2.24, 2.45) is 0 Å². The van der Waals surface area contributed by atoms with Crippen LogP contribution in [0.2, 0.25) is 0 Å². The fourth-order valence-corrected chi connectivity index (χ4v) is 2.74. The van der Waals surface area contributed by atoms with E-state index in [0.717, 1.165) is 17.7 Å². The van der Waals surface area contributed by atoms with E-state index in [4.69, 9.17) is 14.2 Å². The van der Waals surface area contributed by atoms with Crippen LogP contribution in [-0.2, 0) is 14.3 Å². The first kappa shape index (κ1) is 25.6. The highest BCUT2D eigenvalue weighted by molar-refractivity contribution is 5.83. The maximum absolute atomic E-state index is 14.5. The van der Waals surface area contributed by atoms with Gasteiger partial charge in [0.1, 0.15) is 30.5 Å². The number of rotatable bonds is 7. The molecule has 0 unspecified atom stereocenters. The van der Waals surface area contributed by atoms with Gasteiger partial charge in [-0.15, -0.1) is 0 Å². The molecule has 5 nitrogen and oxygen atoms in total. The third kappa shape index (κ3) is 8.06. The maximum Gasteiger partial charge on any atom is 0.335 e. The molecule has 6 heteroatoms. The van der Waals surface area contributed by atoms with E-state index >= 15 is 0 Å². The normalized spacial score (nSPS) is 9.47. The molecule has 3 aromatic carbocycles. The Hall–Kier alpha value is -5.07. The Morgan fingerprint density at radius 2 is 1.28 bits per heavy atom. The molecule has 0 heterocycles. The quantitative estimate of drug-likeness (QED) is 0.160. The number of halogens is 1. The van der Waals surface area contributed by atoms with Crippen molar-refractivity contribution in [1.29, 1.82) is 0 Å². The molecule has 0 radical (unpaired) electrons. The van der Waals surface area contributed by atoms with Crippen LogP contribution in [0.25, 0.3) is 0 Å². The molecular formula is C30H21FO5. The van der Waals surface area contributed by atoms with E-state index in [1.807, 2.05) is 0 Å². The summed E-state index contributed by atoms with van der Waals surface area (Å²) in [7, 11) is 0. The number of carbonyl (C=O) groups is 2. The molecule has 0 aromatic heterocycles. The zero-order valence-electron chi connectivity index (χ0n) is 19.3. The smallest absolute Gasteiger partial charge is 0.335 e. The number of esters is 2. The lowest BCUT2D eigenvalue weighted by atomic mass is 10.1. The second-order valence-corrected chi connectivity index (χ2v) is 7.09. The fourth-order valence-electron chi connectivity index (χ4n) is 2.74. The molecule has 0 N–H and O–H groups in total. The van der Waals surface area contributed by atoms with Crippen molar-refractivity contribution in [3.63, 3.8) is 0 Å². The van der Waals surface area contributed by atoms with Gasteiger partial charge in [0.25, 0.3) is 0 Å². The lowest BCUT2D eigenvalue weighted by molar-refractivity contribution is -0.138. The SMILES string of the molecule is C=CC(=O)OCCOc1ccc(C#Cc2ccc(C#Cc3ccc(OC(=O)C=C)cc3)c(F)c2)cc1. The Labute approximate surface area is 208 Å². The molecule has 178 valence electrons. The van der Waals surface area contributed by atoms with E-state index in [2.05, 4.69) is 36.8 Å². The molecule has 0 saturated carbocycles. The van der Waals surface area contributed by atoms with Gasteiger partial charge >= 0.3 is 11.9 Å². The third-order valence-electron chi connectivity index (χ3n) is 4.52.